The fraction of sp³-hybridized carbons (Fsp3) is 0.857. The van der Waals surface area contributed by atoms with Gasteiger partial charge in [-0.3, -0.25) is 4.79 Å². The van der Waals surface area contributed by atoms with E-state index in [0.717, 1.165) is 32.1 Å². The Morgan fingerprint density at radius 3 is 2.22 bits per heavy atom. The molecule has 0 spiro atoms. The monoisotopic (exact) mass is 253 g/mol. The first-order valence-corrected chi connectivity index (χ1v) is 7.06. The van der Waals surface area contributed by atoms with Gasteiger partial charge in [0.25, 0.3) is 0 Å². The van der Waals surface area contributed by atoms with E-state index in [1.165, 1.54) is 11.3 Å². The number of carboxylic acids is 1. The molecule has 0 aromatic heterocycles. The lowest BCUT2D eigenvalue weighted by Crippen LogP contribution is -2.56. The molecule has 4 nitrogen and oxygen atoms in total. The predicted molar refractivity (Wildman–Crippen MR) is 68.2 cm³/mol. The van der Waals surface area contributed by atoms with Crippen molar-refractivity contribution in [1.29, 1.82) is 0 Å². The number of amides is 1. The van der Waals surface area contributed by atoms with Gasteiger partial charge in [0.2, 0.25) is 5.91 Å². The summed E-state index contributed by atoms with van der Waals surface area (Å²) in [6, 6.07) is 0. The summed E-state index contributed by atoms with van der Waals surface area (Å²) in [6.07, 6.45) is 8.11. The summed E-state index contributed by atoms with van der Waals surface area (Å²) < 4.78 is 0. The van der Waals surface area contributed by atoms with Gasteiger partial charge < -0.3 is 10.0 Å². The lowest BCUT2D eigenvalue weighted by molar-refractivity contribution is -0.161. The molecule has 1 N–H and O–H groups in total. The second-order valence-corrected chi connectivity index (χ2v) is 5.85. The Morgan fingerprint density at radius 1 is 1.17 bits per heavy atom. The molecule has 0 radical (unpaired) electrons. The highest BCUT2D eigenvalue weighted by Crippen LogP contribution is 2.36. The highest BCUT2D eigenvalue weighted by Gasteiger charge is 2.45. The minimum Gasteiger partial charge on any atom is -0.479 e. The molecule has 4 heteroatoms. The highest BCUT2D eigenvalue weighted by atomic mass is 16.4. The van der Waals surface area contributed by atoms with Crippen molar-refractivity contribution < 1.29 is 14.7 Å². The molecule has 2 aliphatic carbocycles. The van der Waals surface area contributed by atoms with Gasteiger partial charge in [-0.15, -0.1) is 0 Å². The molecule has 0 bridgehead atoms. The second kappa shape index (κ2) is 5.29. The zero-order valence-electron chi connectivity index (χ0n) is 11.2. The summed E-state index contributed by atoms with van der Waals surface area (Å²) >= 11 is 0. The zero-order chi connectivity index (χ0) is 13.2. The van der Waals surface area contributed by atoms with E-state index >= 15 is 0 Å². The number of hydrogen-bond donors (Lipinski definition) is 1. The van der Waals surface area contributed by atoms with Crippen LogP contribution in [0.5, 0.6) is 0 Å². The SMILES string of the molecule is CN(C(=O)CC1CCC1)C1(C(=O)O)CCCCC1. The van der Waals surface area contributed by atoms with E-state index in [9.17, 15) is 14.7 Å². The molecule has 0 saturated heterocycles. The molecule has 2 aliphatic rings. The number of carbonyl (C=O) groups is 2. The Kier molecular flexibility index (Phi) is 3.93. The minimum atomic E-state index is -0.931. The van der Waals surface area contributed by atoms with Crippen molar-refractivity contribution in [2.75, 3.05) is 7.05 Å². The molecule has 0 heterocycles. The van der Waals surface area contributed by atoms with Crippen LogP contribution in [0.1, 0.15) is 57.8 Å². The maximum atomic E-state index is 12.2. The second-order valence-electron chi connectivity index (χ2n) is 5.85. The van der Waals surface area contributed by atoms with Gasteiger partial charge in [-0.25, -0.2) is 4.79 Å². The van der Waals surface area contributed by atoms with Crippen molar-refractivity contribution >= 4 is 11.9 Å². The van der Waals surface area contributed by atoms with Gasteiger partial charge >= 0.3 is 5.97 Å². The lowest BCUT2D eigenvalue weighted by Gasteiger charge is -2.42. The standard InChI is InChI=1S/C14H23NO3/c1-15(12(16)10-11-6-5-7-11)14(13(17)18)8-3-2-4-9-14/h11H,2-10H2,1H3,(H,17,18). The van der Waals surface area contributed by atoms with Crippen molar-refractivity contribution in [3.63, 3.8) is 0 Å². The summed E-state index contributed by atoms with van der Waals surface area (Å²) in [5.74, 6) is -0.315. The van der Waals surface area contributed by atoms with Crippen molar-refractivity contribution in [1.82, 2.24) is 4.90 Å². The van der Waals surface area contributed by atoms with E-state index in [2.05, 4.69) is 0 Å². The van der Waals surface area contributed by atoms with Crippen LogP contribution in [0.15, 0.2) is 0 Å². The highest BCUT2D eigenvalue weighted by molar-refractivity contribution is 5.87. The quantitative estimate of drug-likeness (QED) is 0.837. The summed E-state index contributed by atoms with van der Waals surface area (Å²) in [4.78, 5) is 25.3. The third kappa shape index (κ3) is 2.38. The fourth-order valence-corrected chi connectivity index (χ4v) is 3.15. The third-order valence-electron chi connectivity index (χ3n) is 4.78. The van der Waals surface area contributed by atoms with E-state index < -0.39 is 11.5 Å². The number of hydrogen-bond acceptors (Lipinski definition) is 2. The van der Waals surface area contributed by atoms with Crippen molar-refractivity contribution in [2.24, 2.45) is 5.92 Å². The van der Waals surface area contributed by atoms with E-state index in [4.69, 9.17) is 0 Å². The topological polar surface area (TPSA) is 57.6 Å². The first-order chi connectivity index (χ1) is 8.56. The molecule has 2 saturated carbocycles. The maximum Gasteiger partial charge on any atom is 0.329 e. The Balaban J connectivity index is 2.04. The first-order valence-electron chi connectivity index (χ1n) is 7.06. The zero-order valence-corrected chi connectivity index (χ0v) is 11.2. The molecule has 1 amide bonds. The Bertz CT molecular complexity index is 330. The van der Waals surface area contributed by atoms with Crippen LogP contribution in [0.25, 0.3) is 0 Å². The van der Waals surface area contributed by atoms with E-state index in [-0.39, 0.29) is 5.91 Å². The molecule has 0 aliphatic heterocycles. The number of aliphatic carboxylic acids is 1. The summed E-state index contributed by atoms with van der Waals surface area (Å²) in [7, 11) is 1.68. The number of carbonyl (C=O) groups excluding carboxylic acids is 1. The van der Waals surface area contributed by atoms with Crippen molar-refractivity contribution in [3.05, 3.63) is 0 Å². The van der Waals surface area contributed by atoms with Gasteiger partial charge in [-0.05, 0) is 31.6 Å². The molecule has 0 atom stereocenters. The van der Waals surface area contributed by atoms with Gasteiger partial charge in [-0.2, -0.15) is 0 Å². The van der Waals surface area contributed by atoms with Crippen LogP contribution in [0.3, 0.4) is 0 Å². The Morgan fingerprint density at radius 2 is 1.78 bits per heavy atom. The third-order valence-corrected chi connectivity index (χ3v) is 4.78. The smallest absolute Gasteiger partial charge is 0.329 e. The van der Waals surface area contributed by atoms with Crippen LogP contribution in [0.2, 0.25) is 0 Å². The van der Waals surface area contributed by atoms with E-state index in [1.54, 1.807) is 7.05 Å². The Hall–Kier alpha value is -1.06. The fourth-order valence-electron chi connectivity index (χ4n) is 3.15. The first kappa shape index (κ1) is 13.4. The molecular weight excluding hydrogens is 230 g/mol. The van der Waals surface area contributed by atoms with Gasteiger partial charge in [0.05, 0.1) is 0 Å². The van der Waals surface area contributed by atoms with Crippen LogP contribution in [-0.2, 0) is 9.59 Å². The molecule has 18 heavy (non-hydrogen) atoms. The molecule has 2 rings (SSSR count). The largest absolute Gasteiger partial charge is 0.479 e. The average Bonchev–Trinajstić information content (AvgIpc) is 2.33. The number of nitrogens with zero attached hydrogens (tertiary/aromatic N) is 1. The van der Waals surface area contributed by atoms with Gasteiger partial charge in [-0.1, -0.05) is 25.7 Å². The average molecular weight is 253 g/mol. The number of likely N-dealkylation sites (N-methyl/N-ethyl adjacent to an activating group) is 1. The van der Waals surface area contributed by atoms with Crippen LogP contribution >= 0.6 is 0 Å². The Labute approximate surface area is 108 Å². The van der Waals surface area contributed by atoms with E-state index in [0.29, 0.717) is 25.2 Å². The number of rotatable bonds is 4. The van der Waals surface area contributed by atoms with E-state index in [1.807, 2.05) is 0 Å². The van der Waals surface area contributed by atoms with Crippen LogP contribution in [-0.4, -0.2) is 34.5 Å². The molecule has 0 aromatic rings. The molecule has 0 unspecified atom stereocenters. The minimum absolute atomic E-state index is 0.0176. The number of carboxylic acid groups (broad SMARTS) is 1. The maximum absolute atomic E-state index is 12.2. The van der Waals surface area contributed by atoms with Gasteiger partial charge in [0.1, 0.15) is 5.54 Å². The molecule has 2 fully saturated rings. The lowest BCUT2D eigenvalue weighted by atomic mass is 9.79. The summed E-state index contributed by atoms with van der Waals surface area (Å²) in [5, 5.41) is 9.52. The van der Waals surface area contributed by atoms with Gasteiger partial charge in [0.15, 0.2) is 0 Å². The summed E-state index contributed by atoms with van der Waals surface area (Å²) in [5.41, 5.74) is -0.931. The van der Waals surface area contributed by atoms with Gasteiger partial charge in [0, 0.05) is 13.5 Å². The van der Waals surface area contributed by atoms with Crippen molar-refractivity contribution in [2.45, 2.75) is 63.3 Å². The van der Waals surface area contributed by atoms with Crippen molar-refractivity contribution in [3.8, 4) is 0 Å². The molecule has 102 valence electrons. The molecule has 0 aromatic carbocycles. The van der Waals surface area contributed by atoms with Crippen LogP contribution in [0.4, 0.5) is 0 Å². The predicted octanol–water partition coefficient (Wildman–Crippen LogP) is 2.42. The van der Waals surface area contributed by atoms with Crippen LogP contribution < -0.4 is 0 Å². The van der Waals surface area contributed by atoms with Crippen LogP contribution in [0, 0.1) is 5.92 Å². The summed E-state index contributed by atoms with van der Waals surface area (Å²) in [6.45, 7) is 0. The normalized spacial score (nSPS) is 23.2. The molecular formula is C14H23NO3.